The van der Waals surface area contributed by atoms with E-state index in [0.29, 0.717) is 11.4 Å². The van der Waals surface area contributed by atoms with Gasteiger partial charge in [-0.05, 0) is 42.0 Å². The Morgan fingerprint density at radius 2 is 1.62 bits per heavy atom. The Hall–Kier alpha value is -3.65. The fourth-order valence-electron chi connectivity index (χ4n) is 2.85. The molecule has 0 amide bonds. The van der Waals surface area contributed by atoms with Gasteiger partial charge in [0.15, 0.2) is 11.0 Å². The Bertz CT molecular complexity index is 1130. The number of para-hydroxylation sites is 1. The number of rotatable bonds is 6. The molecule has 0 aliphatic carbocycles. The molecule has 29 heavy (non-hydrogen) atoms. The molecule has 0 saturated carbocycles. The van der Waals surface area contributed by atoms with E-state index >= 15 is 0 Å². The van der Waals surface area contributed by atoms with Gasteiger partial charge in [-0.2, -0.15) is 0 Å². The summed E-state index contributed by atoms with van der Waals surface area (Å²) < 4.78 is 2.00. The average Bonchev–Trinajstić information content (AvgIpc) is 3.17. The lowest BCUT2D eigenvalue weighted by Crippen LogP contribution is -1.99. The lowest BCUT2D eigenvalue weighted by atomic mass is 10.2. The molecule has 0 bridgehead atoms. The number of benzene rings is 3. The van der Waals surface area contributed by atoms with Crippen LogP contribution in [0, 0.1) is 10.1 Å². The summed E-state index contributed by atoms with van der Waals surface area (Å²) in [6.07, 6.45) is 0. The van der Waals surface area contributed by atoms with Gasteiger partial charge in [0.1, 0.15) is 0 Å². The van der Waals surface area contributed by atoms with Crippen LogP contribution in [0.2, 0.25) is 0 Å². The number of non-ortho nitro benzene ring substituents is 1. The van der Waals surface area contributed by atoms with Gasteiger partial charge < -0.3 is 5.73 Å². The molecule has 2 N–H and O–H groups in total. The molecule has 4 aromatic rings. The first-order valence-electron chi connectivity index (χ1n) is 8.85. The van der Waals surface area contributed by atoms with E-state index < -0.39 is 4.92 Å². The number of thioether (sulfide) groups is 1. The van der Waals surface area contributed by atoms with Crippen LogP contribution in [0.25, 0.3) is 17.1 Å². The van der Waals surface area contributed by atoms with Crippen molar-refractivity contribution in [1.29, 1.82) is 0 Å². The predicted molar refractivity (Wildman–Crippen MR) is 114 cm³/mol. The van der Waals surface area contributed by atoms with Crippen molar-refractivity contribution in [3.05, 3.63) is 94.5 Å². The first-order valence-corrected chi connectivity index (χ1v) is 9.83. The number of hydrogen-bond donors (Lipinski definition) is 1. The van der Waals surface area contributed by atoms with E-state index in [1.807, 2.05) is 59.2 Å². The molecule has 0 unspecified atom stereocenters. The van der Waals surface area contributed by atoms with Gasteiger partial charge in [-0.15, -0.1) is 10.2 Å². The lowest BCUT2D eigenvalue weighted by molar-refractivity contribution is -0.384. The fraction of sp³-hybridized carbons (Fsp3) is 0.0476. The minimum Gasteiger partial charge on any atom is -0.399 e. The van der Waals surface area contributed by atoms with Gasteiger partial charge >= 0.3 is 0 Å². The topological polar surface area (TPSA) is 99.9 Å². The van der Waals surface area contributed by atoms with Gasteiger partial charge in [0.2, 0.25) is 0 Å². The number of anilines is 1. The second-order valence-corrected chi connectivity index (χ2v) is 7.25. The normalized spacial score (nSPS) is 10.8. The van der Waals surface area contributed by atoms with E-state index in [1.165, 1.54) is 23.9 Å². The summed E-state index contributed by atoms with van der Waals surface area (Å²) in [5.41, 5.74) is 9.42. The van der Waals surface area contributed by atoms with E-state index in [-0.39, 0.29) is 5.69 Å². The third-order valence-corrected chi connectivity index (χ3v) is 5.33. The second kappa shape index (κ2) is 8.15. The van der Waals surface area contributed by atoms with Crippen LogP contribution in [0.4, 0.5) is 11.4 Å². The molecule has 144 valence electrons. The lowest BCUT2D eigenvalue weighted by Gasteiger charge is -2.10. The maximum absolute atomic E-state index is 10.8. The predicted octanol–water partition coefficient (Wildman–Crippen LogP) is 4.72. The van der Waals surface area contributed by atoms with Crippen LogP contribution in [0.5, 0.6) is 0 Å². The first-order chi connectivity index (χ1) is 14.1. The molecule has 7 nitrogen and oxygen atoms in total. The van der Waals surface area contributed by atoms with Gasteiger partial charge in [-0.3, -0.25) is 14.7 Å². The minimum atomic E-state index is -0.401. The molecule has 3 aromatic carbocycles. The maximum atomic E-state index is 10.8. The van der Waals surface area contributed by atoms with Crippen LogP contribution in [0.3, 0.4) is 0 Å². The van der Waals surface area contributed by atoms with Crippen molar-refractivity contribution in [1.82, 2.24) is 14.8 Å². The third-order valence-electron chi connectivity index (χ3n) is 4.33. The standard InChI is InChI=1S/C21H17N5O2S/c22-17-10-8-16(9-11-17)20-23-24-21(25(20)18-4-2-1-3-5-18)29-14-15-6-12-19(13-7-15)26(27)28/h1-13H,14,22H2. The Morgan fingerprint density at radius 1 is 0.931 bits per heavy atom. The average molecular weight is 403 g/mol. The number of nitro benzene ring substituents is 1. The molecule has 0 saturated heterocycles. The molecule has 8 heteroatoms. The molecule has 1 heterocycles. The molecule has 0 aliphatic rings. The van der Waals surface area contributed by atoms with Gasteiger partial charge in [-0.1, -0.05) is 42.1 Å². The zero-order valence-electron chi connectivity index (χ0n) is 15.3. The summed E-state index contributed by atoms with van der Waals surface area (Å²) in [4.78, 5) is 10.4. The van der Waals surface area contributed by atoms with Crippen molar-refractivity contribution in [3.8, 4) is 17.1 Å². The highest BCUT2D eigenvalue weighted by Crippen LogP contribution is 2.30. The number of nitrogen functional groups attached to an aromatic ring is 1. The van der Waals surface area contributed by atoms with E-state index in [4.69, 9.17) is 5.73 Å². The third kappa shape index (κ3) is 4.12. The van der Waals surface area contributed by atoms with Crippen molar-refractivity contribution in [2.45, 2.75) is 10.9 Å². The van der Waals surface area contributed by atoms with E-state index in [1.54, 1.807) is 12.1 Å². The Kier molecular flexibility index (Phi) is 5.26. The molecule has 4 rings (SSSR count). The molecule has 0 fully saturated rings. The first kappa shape index (κ1) is 18.7. The number of aromatic nitrogens is 3. The maximum Gasteiger partial charge on any atom is 0.269 e. The second-order valence-electron chi connectivity index (χ2n) is 6.31. The van der Waals surface area contributed by atoms with Crippen molar-refractivity contribution in [3.63, 3.8) is 0 Å². The molecule has 0 atom stereocenters. The number of nitrogens with two attached hydrogens (primary N) is 1. The molecule has 1 aromatic heterocycles. The minimum absolute atomic E-state index is 0.0804. The van der Waals surface area contributed by atoms with E-state index in [9.17, 15) is 10.1 Å². The van der Waals surface area contributed by atoms with E-state index in [0.717, 1.165) is 27.8 Å². The van der Waals surface area contributed by atoms with Gasteiger partial charge in [0, 0.05) is 34.8 Å². The molecular weight excluding hydrogens is 386 g/mol. The summed E-state index contributed by atoms with van der Waals surface area (Å²) in [7, 11) is 0. The van der Waals surface area contributed by atoms with E-state index in [2.05, 4.69) is 10.2 Å². The van der Waals surface area contributed by atoms with Crippen LogP contribution in [-0.4, -0.2) is 19.7 Å². The highest BCUT2D eigenvalue weighted by molar-refractivity contribution is 7.98. The van der Waals surface area contributed by atoms with Crippen molar-refractivity contribution in [2.75, 3.05) is 5.73 Å². The SMILES string of the molecule is Nc1ccc(-c2nnc(SCc3ccc([N+](=O)[O-])cc3)n2-c2ccccc2)cc1. The summed E-state index contributed by atoms with van der Waals surface area (Å²) in [6, 6.07) is 23.9. The van der Waals surface area contributed by atoms with Crippen LogP contribution < -0.4 is 5.73 Å². The zero-order chi connectivity index (χ0) is 20.2. The van der Waals surface area contributed by atoms with Crippen molar-refractivity contribution < 1.29 is 4.92 Å². The Labute approximate surface area is 171 Å². The fourth-order valence-corrected chi connectivity index (χ4v) is 3.76. The summed E-state index contributed by atoms with van der Waals surface area (Å²) in [6.45, 7) is 0. The van der Waals surface area contributed by atoms with Crippen LogP contribution >= 0.6 is 11.8 Å². The van der Waals surface area contributed by atoms with Gasteiger partial charge in [0.05, 0.1) is 4.92 Å². The highest BCUT2D eigenvalue weighted by Gasteiger charge is 2.16. The summed E-state index contributed by atoms with van der Waals surface area (Å²) in [5.74, 6) is 1.34. The molecule has 0 spiro atoms. The van der Waals surface area contributed by atoms with Crippen molar-refractivity contribution >= 4 is 23.1 Å². The molecule has 0 radical (unpaired) electrons. The number of nitro groups is 1. The van der Waals surface area contributed by atoms with Crippen molar-refractivity contribution in [2.24, 2.45) is 0 Å². The van der Waals surface area contributed by atoms with Gasteiger partial charge in [0.25, 0.3) is 5.69 Å². The van der Waals surface area contributed by atoms with Crippen LogP contribution in [0.1, 0.15) is 5.56 Å². The number of nitrogens with zero attached hydrogens (tertiary/aromatic N) is 4. The summed E-state index contributed by atoms with van der Waals surface area (Å²) in [5, 5.41) is 20.4. The quantitative estimate of drug-likeness (QED) is 0.216. The smallest absolute Gasteiger partial charge is 0.269 e. The van der Waals surface area contributed by atoms with Crippen LogP contribution in [-0.2, 0) is 5.75 Å². The van der Waals surface area contributed by atoms with Crippen LogP contribution in [0.15, 0.2) is 84.0 Å². The molecule has 0 aliphatic heterocycles. The molecular formula is C21H17N5O2S. The van der Waals surface area contributed by atoms with Gasteiger partial charge in [-0.25, -0.2) is 0 Å². The Morgan fingerprint density at radius 3 is 2.28 bits per heavy atom. The summed E-state index contributed by atoms with van der Waals surface area (Å²) >= 11 is 1.52. The number of hydrogen-bond acceptors (Lipinski definition) is 6. The zero-order valence-corrected chi connectivity index (χ0v) is 16.1. The monoisotopic (exact) mass is 403 g/mol. The highest BCUT2D eigenvalue weighted by atomic mass is 32.2. The largest absolute Gasteiger partial charge is 0.399 e. The Balaban J connectivity index is 1.66.